The molecule has 1 fully saturated rings. The van der Waals surface area contributed by atoms with E-state index in [1.165, 1.54) is 12.1 Å². The van der Waals surface area contributed by atoms with Gasteiger partial charge in [0.15, 0.2) is 5.43 Å². The Morgan fingerprint density at radius 3 is 2.67 bits per heavy atom. The minimum atomic E-state index is -0.417. The molecule has 2 aromatic carbocycles. The summed E-state index contributed by atoms with van der Waals surface area (Å²) in [5.41, 5.74) is 0.775. The van der Waals surface area contributed by atoms with Gasteiger partial charge in [0, 0.05) is 39.7 Å². The lowest BCUT2D eigenvalue weighted by molar-refractivity contribution is 0.172. The molecule has 1 aliphatic rings. The number of ether oxygens (including phenoxy) is 1. The van der Waals surface area contributed by atoms with Crippen molar-refractivity contribution in [3.8, 4) is 28.6 Å². The van der Waals surface area contributed by atoms with Crippen molar-refractivity contribution in [3.63, 3.8) is 0 Å². The number of likely N-dealkylation sites (N-methyl/N-ethyl adjacent to an activating group) is 1. The number of likely N-dealkylation sites (tertiary alicyclic amines) is 1. The molecule has 8 heteroatoms. The summed E-state index contributed by atoms with van der Waals surface area (Å²) in [6.45, 7) is 0.628. The van der Waals surface area contributed by atoms with Crippen molar-refractivity contribution in [1.82, 2.24) is 4.90 Å². The van der Waals surface area contributed by atoms with E-state index < -0.39 is 5.43 Å². The molecule has 7 nitrogen and oxygen atoms in total. The van der Waals surface area contributed by atoms with Crippen LogP contribution in [0, 0.1) is 0 Å². The maximum atomic E-state index is 12.9. The van der Waals surface area contributed by atoms with Gasteiger partial charge in [0.25, 0.3) is 0 Å². The molecule has 4 rings (SSSR count). The molecule has 158 valence electrons. The van der Waals surface area contributed by atoms with Crippen molar-refractivity contribution in [1.29, 1.82) is 0 Å². The number of hydrogen-bond acceptors (Lipinski definition) is 7. The van der Waals surface area contributed by atoms with Crippen LogP contribution >= 0.6 is 15.9 Å². The Hall–Kier alpha value is -2.55. The van der Waals surface area contributed by atoms with Gasteiger partial charge in [-0.3, -0.25) is 4.79 Å². The van der Waals surface area contributed by atoms with Crippen LogP contribution < -0.4 is 10.2 Å². The van der Waals surface area contributed by atoms with E-state index in [0.717, 1.165) is 6.54 Å². The zero-order valence-electron chi connectivity index (χ0n) is 16.6. The summed E-state index contributed by atoms with van der Waals surface area (Å²) in [4.78, 5) is 14.9. The van der Waals surface area contributed by atoms with Gasteiger partial charge in [0.1, 0.15) is 34.0 Å². The molecular weight excluding hydrogens is 454 g/mol. The highest BCUT2D eigenvalue weighted by Gasteiger charge is 2.36. The number of aliphatic hydroxyl groups is 1. The van der Waals surface area contributed by atoms with Gasteiger partial charge >= 0.3 is 0 Å². The van der Waals surface area contributed by atoms with Crippen molar-refractivity contribution in [3.05, 3.63) is 50.6 Å². The van der Waals surface area contributed by atoms with Crippen molar-refractivity contribution in [2.45, 2.75) is 18.4 Å². The summed E-state index contributed by atoms with van der Waals surface area (Å²) in [5, 5.41) is 30.9. The number of phenolic OH excluding ortho intramolecular Hbond substituents is 2. The number of nitrogens with zero attached hydrogens (tertiary/aromatic N) is 1. The molecule has 0 aliphatic carbocycles. The van der Waals surface area contributed by atoms with Gasteiger partial charge in [-0.25, -0.2) is 0 Å². The number of methoxy groups -OCH3 is 1. The second-order valence-corrected chi connectivity index (χ2v) is 8.33. The van der Waals surface area contributed by atoms with E-state index in [0.29, 0.717) is 33.5 Å². The van der Waals surface area contributed by atoms with Gasteiger partial charge in [-0.05, 0) is 54.1 Å². The lowest BCUT2D eigenvalue weighted by atomic mass is 9.89. The van der Waals surface area contributed by atoms with Gasteiger partial charge in [0.05, 0.1) is 13.7 Å². The van der Waals surface area contributed by atoms with Crippen LogP contribution in [0.25, 0.3) is 22.3 Å². The topological polar surface area (TPSA) is 103 Å². The molecule has 2 heterocycles. The Labute approximate surface area is 181 Å². The second kappa shape index (κ2) is 7.94. The summed E-state index contributed by atoms with van der Waals surface area (Å²) in [5.74, 6) is 0.186. The Balaban J connectivity index is 1.99. The third-order valence-electron chi connectivity index (χ3n) is 5.82. The van der Waals surface area contributed by atoms with Crippen LogP contribution in [0.5, 0.6) is 17.2 Å². The standard InChI is InChI=1S/C22H22BrNO6/c1-24-6-5-13(15(24)10-25)20-16(26)8-17(27)21-18(28)9-19(30-22(20)21)12-4-3-11(29-2)7-14(12)23/h3-4,7-9,13,15,25-27H,5-6,10H2,1-2H3. The molecule has 2 atom stereocenters. The number of benzene rings is 2. The summed E-state index contributed by atoms with van der Waals surface area (Å²) >= 11 is 3.48. The monoisotopic (exact) mass is 475 g/mol. The summed E-state index contributed by atoms with van der Waals surface area (Å²) in [6, 6.07) is 7.53. The highest BCUT2D eigenvalue weighted by atomic mass is 79.9. The van der Waals surface area contributed by atoms with Crippen molar-refractivity contribution < 1.29 is 24.5 Å². The molecule has 0 bridgehead atoms. The van der Waals surface area contributed by atoms with Gasteiger partial charge in [0.2, 0.25) is 0 Å². The average Bonchev–Trinajstić information content (AvgIpc) is 3.07. The Bertz CT molecular complexity index is 1170. The van der Waals surface area contributed by atoms with Crippen LogP contribution in [0.4, 0.5) is 0 Å². The molecule has 0 radical (unpaired) electrons. The summed E-state index contributed by atoms with van der Waals surface area (Å²) in [7, 11) is 3.46. The lowest BCUT2D eigenvalue weighted by Crippen LogP contribution is -2.32. The van der Waals surface area contributed by atoms with Crippen molar-refractivity contribution >= 4 is 26.9 Å². The van der Waals surface area contributed by atoms with Gasteiger partial charge < -0.3 is 29.4 Å². The van der Waals surface area contributed by atoms with E-state index in [2.05, 4.69) is 15.9 Å². The molecular formula is C22H22BrNO6. The SMILES string of the molecule is COc1ccc(-c2cc(=O)c3c(O)cc(O)c(C4CCN(C)C4CO)c3o2)c(Br)c1. The summed E-state index contributed by atoms with van der Waals surface area (Å²) in [6.07, 6.45) is 0.676. The van der Waals surface area contributed by atoms with Crippen LogP contribution in [0.3, 0.4) is 0 Å². The first-order valence-electron chi connectivity index (χ1n) is 9.53. The van der Waals surface area contributed by atoms with E-state index in [1.54, 1.807) is 25.3 Å². The fourth-order valence-corrected chi connectivity index (χ4v) is 4.80. The fraction of sp³-hybridized carbons (Fsp3) is 0.318. The number of rotatable bonds is 4. The maximum Gasteiger partial charge on any atom is 0.197 e. The van der Waals surface area contributed by atoms with E-state index in [-0.39, 0.29) is 41.0 Å². The number of phenols is 2. The molecule has 1 saturated heterocycles. The van der Waals surface area contributed by atoms with Crippen molar-refractivity contribution in [2.24, 2.45) is 0 Å². The van der Waals surface area contributed by atoms with Gasteiger partial charge in [-0.1, -0.05) is 0 Å². The molecule has 2 unspecified atom stereocenters. The Morgan fingerprint density at radius 1 is 1.23 bits per heavy atom. The Kier molecular flexibility index (Phi) is 5.48. The van der Waals surface area contributed by atoms with Crippen LogP contribution in [-0.4, -0.2) is 53.6 Å². The highest BCUT2D eigenvalue weighted by Crippen LogP contribution is 2.44. The van der Waals surface area contributed by atoms with E-state index in [1.807, 2.05) is 11.9 Å². The van der Waals surface area contributed by atoms with Crippen molar-refractivity contribution in [2.75, 3.05) is 27.3 Å². The molecule has 0 spiro atoms. The Morgan fingerprint density at radius 2 is 2.00 bits per heavy atom. The molecule has 3 N–H and O–H groups in total. The quantitative estimate of drug-likeness (QED) is 0.530. The highest BCUT2D eigenvalue weighted by molar-refractivity contribution is 9.10. The van der Waals surface area contributed by atoms with E-state index in [9.17, 15) is 20.1 Å². The largest absolute Gasteiger partial charge is 0.507 e. The molecule has 0 saturated carbocycles. The third kappa shape index (κ3) is 3.34. The first-order valence-corrected chi connectivity index (χ1v) is 10.3. The molecule has 1 aromatic heterocycles. The fourth-order valence-electron chi connectivity index (χ4n) is 4.25. The number of aliphatic hydroxyl groups excluding tert-OH is 1. The number of hydrogen-bond donors (Lipinski definition) is 3. The number of fused-ring (bicyclic) bond motifs is 1. The van der Waals surface area contributed by atoms with Crippen LogP contribution in [0.2, 0.25) is 0 Å². The zero-order chi connectivity index (χ0) is 21.6. The number of halogens is 1. The minimum absolute atomic E-state index is 0.0161. The second-order valence-electron chi connectivity index (χ2n) is 7.48. The van der Waals surface area contributed by atoms with Crippen LogP contribution in [0.15, 0.2) is 44.0 Å². The molecule has 1 aliphatic heterocycles. The molecule has 0 amide bonds. The average molecular weight is 476 g/mol. The predicted molar refractivity (Wildman–Crippen MR) is 116 cm³/mol. The smallest absolute Gasteiger partial charge is 0.197 e. The first kappa shape index (κ1) is 20.7. The predicted octanol–water partition coefficient (Wildman–Crippen LogP) is 3.42. The zero-order valence-corrected chi connectivity index (χ0v) is 18.1. The first-order chi connectivity index (χ1) is 14.3. The minimum Gasteiger partial charge on any atom is -0.507 e. The summed E-state index contributed by atoms with van der Waals surface area (Å²) < 4.78 is 12.0. The van der Waals surface area contributed by atoms with Gasteiger partial charge in [-0.2, -0.15) is 0 Å². The van der Waals surface area contributed by atoms with Crippen LogP contribution in [-0.2, 0) is 0 Å². The molecule has 3 aromatic rings. The van der Waals surface area contributed by atoms with E-state index in [4.69, 9.17) is 9.15 Å². The van der Waals surface area contributed by atoms with Crippen LogP contribution in [0.1, 0.15) is 17.9 Å². The van der Waals surface area contributed by atoms with E-state index >= 15 is 0 Å². The maximum absolute atomic E-state index is 12.9. The third-order valence-corrected chi connectivity index (χ3v) is 6.48. The normalized spacial score (nSPS) is 19.5. The lowest BCUT2D eigenvalue weighted by Gasteiger charge is -2.24. The molecule has 30 heavy (non-hydrogen) atoms. The van der Waals surface area contributed by atoms with Gasteiger partial charge in [-0.15, -0.1) is 0 Å². The number of aromatic hydroxyl groups is 2.